The lowest BCUT2D eigenvalue weighted by Crippen LogP contribution is -2.41. The second-order valence-corrected chi connectivity index (χ2v) is 5.30. The molecule has 0 radical (unpaired) electrons. The molecule has 114 valence electrons. The summed E-state index contributed by atoms with van der Waals surface area (Å²) in [6.45, 7) is 2.83. The molecule has 2 aliphatic rings. The fourth-order valence-electron chi connectivity index (χ4n) is 2.76. The molecule has 0 aromatic carbocycles. The van der Waals surface area contributed by atoms with E-state index in [2.05, 4.69) is 0 Å². The number of amides is 2. The third-order valence-electron chi connectivity index (χ3n) is 3.90. The minimum absolute atomic E-state index is 0.152. The molecule has 1 heterocycles. The van der Waals surface area contributed by atoms with Gasteiger partial charge in [-0.1, -0.05) is 0 Å². The van der Waals surface area contributed by atoms with Crippen molar-refractivity contribution in [1.29, 1.82) is 0 Å². The monoisotopic (exact) mass is 293 g/mol. The first-order valence-corrected chi connectivity index (χ1v) is 7.22. The molecule has 0 aromatic heterocycles. The van der Waals surface area contributed by atoms with Crippen LogP contribution in [0.3, 0.4) is 0 Å². The molecule has 6 nitrogen and oxygen atoms in total. The van der Waals surface area contributed by atoms with Crippen LogP contribution in [-0.4, -0.2) is 41.6 Å². The SMILES string of the molecule is CCOC(=O)[C@@H](CN1C(=O)C2=C(CCCC2)C1=O)C(C)=O. The summed E-state index contributed by atoms with van der Waals surface area (Å²) < 4.78 is 4.84. The zero-order valence-corrected chi connectivity index (χ0v) is 12.3. The third-order valence-corrected chi connectivity index (χ3v) is 3.90. The van der Waals surface area contributed by atoms with Crippen molar-refractivity contribution in [3.63, 3.8) is 0 Å². The first kappa shape index (κ1) is 15.4. The molecule has 1 aliphatic heterocycles. The molecular weight excluding hydrogens is 274 g/mol. The Bertz CT molecular complexity index is 506. The quantitative estimate of drug-likeness (QED) is 0.429. The fraction of sp³-hybridized carbons (Fsp3) is 0.600. The standard InChI is InChI=1S/C15H19NO5/c1-3-21-15(20)12(9(2)17)8-16-13(18)10-6-4-5-7-11(10)14(16)19/h12H,3-8H2,1-2H3/t12-/m0/s1. The van der Waals surface area contributed by atoms with Gasteiger partial charge >= 0.3 is 5.97 Å². The van der Waals surface area contributed by atoms with Crippen LogP contribution in [0.25, 0.3) is 0 Å². The Morgan fingerprint density at radius 2 is 1.67 bits per heavy atom. The molecular formula is C15H19NO5. The van der Waals surface area contributed by atoms with E-state index in [0.717, 1.165) is 17.7 Å². The summed E-state index contributed by atoms with van der Waals surface area (Å²) in [6.07, 6.45) is 2.97. The van der Waals surface area contributed by atoms with Gasteiger partial charge in [0.25, 0.3) is 11.8 Å². The highest BCUT2D eigenvalue weighted by atomic mass is 16.5. The molecule has 0 bridgehead atoms. The predicted octanol–water partition coefficient (Wildman–Crippen LogP) is 0.994. The molecule has 0 fully saturated rings. The van der Waals surface area contributed by atoms with E-state index in [1.165, 1.54) is 6.92 Å². The Balaban J connectivity index is 2.15. The molecule has 21 heavy (non-hydrogen) atoms. The molecule has 0 saturated carbocycles. The molecule has 0 spiro atoms. The smallest absolute Gasteiger partial charge is 0.318 e. The zero-order valence-electron chi connectivity index (χ0n) is 12.3. The van der Waals surface area contributed by atoms with Gasteiger partial charge in [-0.2, -0.15) is 0 Å². The van der Waals surface area contributed by atoms with Gasteiger partial charge in [-0.05, 0) is 39.5 Å². The van der Waals surface area contributed by atoms with Crippen molar-refractivity contribution in [2.75, 3.05) is 13.2 Å². The van der Waals surface area contributed by atoms with Gasteiger partial charge in [0.15, 0.2) is 0 Å². The molecule has 0 unspecified atom stereocenters. The molecule has 0 N–H and O–H groups in total. The van der Waals surface area contributed by atoms with Crippen LogP contribution in [0.1, 0.15) is 39.5 Å². The Kier molecular flexibility index (Phi) is 4.55. The van der Waals surface area contributed by atoms with E-state index in [-0.39, 0.29) is 25.0 Å². The van der Waals surface area contributed by atoms with E-state index in [0.29, 0.717) is 24.0 Å². The summed E-state index contributed by atoms with van der Waals surface area (Å²) in [5, 5.41) is 0. The topological polar surface area (TPSA) is 80.8 Å². The van der Waals surface area contributed by atoms with Crippen molar-refractivity contribution in [3.05, 3.63) is 11.1 Å². The van der Waals surface area contributed by atoms with Crippen LogP contribution in [0, 0.1) is 5.92 Å². The lowest BCUT2D eigenvalue weighted by molar-refractivity contribution is -0.152. The first-order valence-electron chi connectivity index (χ1n) is 7.22. The number of ketones is 1. The fourth-order valence-corrected chi connectivity index (χ4v) is 2.76. The van der Waals surface area contributed by atoms with E-state index in [9.17, 15) is 19.2 Å². The van der Waals surface area contributed by atoms with E-state index in [1.54, 1.807) is 6.92 Å². The Hall–Kier alpha value is -1.98. The van der Waals surface area contributed by atoms with Crippen LogP contribution in [0.15, 0.2) is 11.1 Å². The molecule has 1 atom stereocenters. The Labute approximate surface area is 123 Å². The number of carbonyl (C=O) groups excluding carboxylic acids is 4. The van der Waals surface area contributed by atoms with Crippen LogP contribution in [0.5, 0.6) is 0 Å². The highest BCUT2D eigenvalue weighted by Gasteiger charge is 2.41. The maximum atomic E-state index is 12.3. The van der Waals surface area contributed by atoms with Crippen molar-refractivity contribution < 1.29 is 23.9 Å². The van der Waals surface area contributed by atoms with Gasteiger partial charge in [-0.25, -0.2) is 0 Å². The van der Waals surface area contributed by atoms with Crippen molar-refractivity contribution in [2.24, 2.45) is 5.92 Å². The highest BCUT2D eigenvalue weighted by molar-refractivity contribution is 6.19. The number of hydrogen-bond donors (Lipinski definition) is 0. The van der Waals surface area contributed by atoms with Gasteiger partial charge in [0, 0.05) is 17.7 Å². The van der Waals surface area contributed by atoms with Crippen molar-refractivity contribution in [3.8, 4) is 0 Å². The van der Waals surface area contributed by atoms with E-state index < -0.39 is 17.7 Å². The number of Topliss-reactive ketones (excluding diaryl/α,β-unsaturated/α-hetero) is 1. The van der Waals surface area contributed by atoms with Crippen LogP contribution < -0.4 is 0 Å². The second-order valence-electron chi connectivity index (χ2n) is 5.30. The Morgan fingerprint density at radius 3 is 2.10 bits per heavy atom. The summed E-state index contributed by atoms with van der Waals surface area (Å²) in [5.41, 5.74) is 1.11. The predicted molar refractivity (Wildman–Crippen MR) is 73.0 cm³/mol. The summed E-state index contributed by atoms with van der Waals surface area (Å²) >= 11 is 0. The summed E-state index contributed by atoms with van der Waals surface area (Å²) in [7, 11) is 0. The number of nitrogens with zero attached hydrogens (tertiary/aromatic N) is 1. The lowest BCUT2D eigenvalue weighted by atomic mass is 9.93. The first-order chi connectivity index (χ1) is 9.97. The zero-order chi connectivity index (χ0) is 15.6. The van der Waals surface area contributed by atoms with Gasteiger partial charge in [0.05, 0.1) is 6.61 Å². The normalized spacial score (nSPS) is 19.6. The highest BCUT2D eigenvalue weighted by Crippen LogP contribution is 2.33. The van der Waals surface area contributed by atoms with Crippen LogP contribution >= 0.6 is 0 Å². The maximum Gasteiger partial charge on any atom is 0.318 e. The third kappa shape index (κ3) is 2.89. The van der Waals surface area contributed by atoms with Crippen molar-refractivity contribution in [2.45, 2.75) is 39.5 Å². The number of ether oxygens (including phenoxy) is 1. The number of rotatable bonds is 5. The number of hydrogen-bond acceptors (Lipinski definition) is 5. The largest absolute Gasteiger partial charge is 0.465 e. The van der Waals surface area contributed by atoms with Gasteiger partial charge in [-0.3, -0.25) is 24.1 Å². The summed E-state index contributed by atoms with van der Waals surface area (Å²) in [4.78, 5) is 49.0. The van der Waals surface area contributed by atoms with E-state index in [1.807, 2.05) is 0 Å². The molecule has 2 rings (SSSR count). The van der Waals surface area contributed by atoms with Crippen LogP contribution in [0.2, 0.25) is 0 Å². The number of esters is 1. The van der Waals surface area contributed by atoms with E-state index >= 15 is 0 Å². The van der Waals surface area contributed by atoms with E-state index in [4.69, 9.17) is 4.74 Å². The van der Waals surface area contributed by atoms with Gasteiger partial charge < -0.3 is 4.74 Å². The minimum Gasteiger partial charge on any atom is -0.465 e. The number of carbonyl (C=O) groups is 4. The van der Waals surface area contributed by atoms with Gasteiger partial charge in [0.1, 0.15) is 11.7 Å². The molecule has 2 amide bonds. The van der Waals surface area contributed by atoms with Crippen molar-refractivity contribution in [1.82, 2.24) is 4.90 Å². The summed E-state index contributed by atoms with van der Waals surface area (Å²) in [6, 6.07) is 0. The Morgan fingerprint density at radius 1 is 1.14 bits per heavy atom. The van der Waals surface area contributed by atoms with Gasteiger partial charge in [-0.15, -0.1) is 0 Å². The molecule has 0 saturated heterocycles. The van der Waals surface area contributed by atoms with Crippen LogP contribution in [-0.2, 0) is 23.9 Å². The molecule has 1 aliphatic carbocycles. The maximum absolute atomic E-state index is 12.3. The number of imide groups is 1. The lowest BCUT2D eigenvalue weighted by Gasteiger charge is -2.20. The van der Waals surface area contributed by atoms with Gasteiger partial charge in [0.2, 0.25) is 0 Å². The van der Waals surface area contributed by atoms with Crippen LogP contribution in [0.4, 0.5) is 0 Å². The second kappa shape index (κ2) is 6.20. The average molecular weight is 293 g/mol. The average Bonchev–Trinajstić information content (AvgIpc) is 2.69. The molecule has 6 heteroatoms. The minimum atomic E-state index is -1.10. The van der Waals surface area contributed by atoms with Crippen molar-refractivity contribution >= 4 is 23.6 Å². The molecule has 0 aromatic rings. The summed E-state index contributed by atoms with van der Waals surface area (Å²) in [5.74, 6) is -2.90.